The quantitative estimate of drug-likeness (QED) is 0.789. The van der Waals surface area contributed by atoms with E-state index in [1.165, 1.54) is 0 Å². The lowest BCUT2D eigenvalue weighted by Crippen LogP contribution is -2.29. The van der Waals surface area contributed by atoms with Gasteiger partial charge in [0.05, 0.1) is 23.1 Å². The summed E-state index contributed by atoms with van der Waals surface area (Å²) in [6.07, 6.45) is 3.79. The maximum absolute atomic E-state index is 12.0. The summed E-state index contributed by atoms with van der Waals surface area (Å²) in [6, 6.07) is 2.11. The molecular weight excluding hydrogens is 190 g/mol. The van der Waals surface area contributed by atoms with Crippen LogP contribution in [0.5, 0.6) is 0 Å². The Morgan fingerprint density at radius 3 is 2.87 bits per heavy atom. The Morgan fingerprint density at radius 2 is 2.27 bits per heavy atom. The minimum atomic E-state index is 0.0230. The van der Waals surface area contributed by atoms with Crippen LogP contribution in [0.4, 0.5) is 5.69 Å². The molecule has 0 atom stereocenters. The molecule has 1 aromatic heterocycles. The van der Waals surface area contributed by atoms with E-state index in [1.807, 2.05) is 14.0 Å². The molecule has 0 spiro atoms. The maximum atomic E-state index is 12.0. The number of anilines is 1. The van der Waals surface area contributed by atoms with Crippen molar-refractivity contribution in [1.29, 1.82) is 0 Å². The molecule has 0 bridgehead atoms. The summed E-state index contributed by atoms with van der Waals surface area (Å²) in [5, 5.41) is 0. The lowest BCUT2D eigenvalue weighted by Gasteiger charge is -2.17. The topological polar surface area (TPSA) is 59.2 Å². The summed E-state index contributed by atoms with van der Waals surface area (Å²) in [5.41, 5.74) is 7.51. The lowest BCUT2D eigenvalue weighted by atomic mass is 10.1. The van der Waals surface area contributed by atoms with E-state index in [4.69, 9.17) is 5.73 Å². The molecule has 1 heterocycles. The standard InChI is InChI=1S/C11H15N3O/c1-7-10(5-8(12)6-13-7)11(15)14(2)9-3-4-9/h5-6,9H,3-4,12H2,1-2H3. The van der Waals surface area contributed by atoms with Crippen LogP contribution in [0.15, 0.2) is 12.3 Å². The first-order chi connectivity index (χ1) is 7.09. The monoisotopic (exact) mass is 205 g/mol. The highest BCUT2D eigenvalue weighted by molar-refractivity contribution is 5.96. The second-order valence-corrected chi connectivity index (χ2v) is 4.05. The van der Waals surface area contributed by atoms with Crippen molar-refractivity contribution in [1.82, 2.24) is 9.88 Å². The summed E-state index contributed by atoms with van der Waals surface area (Å²) in [4.78, 5) is 17.9. The van der Waals surface area contributed by atoms with Crippen molar-refractivity contribution in [3.05, 3.63) is 23.5 Å². The predicted molar refractivity (Wildman–Crippen MR) is 58.5 cm³/mol. The molecule has 4 nitrogen and oxygen atoms in total. The van der Waals surface area contributed by atoms with E-state index in [2.05, 4.69) is 4.98 Å². The first-order valence-electron chi connectivity index (χ1n) is 5.09. The molecule has 1 aliphatic carbocycles. The normalized spacial score (nSPS) is 15.1. The Balaban J connectivity index is 2.27. The zero-order valence-electron chi connectivity index (χ0n) is 9.03. The highest BCUT2D eigenvalue weighted by Crippen LogP contribution is 2.27. The van der Waals surface area contributed by atoms with Gasteiger partial charge in [-0.25, -0.2) is 0 Å². The van der Waals surface area contributed by atoms with Gasteiger partial charge < -0.3 is 10.6 Å². The molecule has 80 valence electrons. The average molecular weight is 205 g/mol. The van der Waals surface area contributed by atoms with Crippen LogP contribution in [0.1, 0.15) is 28.9 Å². The van der Waals surface area contributed by atoms with E-state index in [0.717, 1.165) is 18.5 Å². The third-order valence-electron chi connectivity index (χ3n) is 2.75. The highest BCUT2D eigenvalue weighted by Gasteiger charge is 2.30. The number of aryl methyl sites for hydroxylation is 1. The van der Waals surface area contributed by atoms with Gasteiger partial charge in [0.15, 0.2) is 0 Å². The molecule has 1 saturated carbocycles. The smallest absolute Gasteiger partial charge is 0.255 e. The highest BCUT2D eigenvalue weighted by atomic mass is 16.2. The SMILES string of the molecule is Cc1ncc(N)cc1C(=O)N(C)C1CC1. The number of carbonyl (C=O) groups is 1. The Morgan fingerprint density at radius 1 is 1.60 bits per heavy atom. The van der Waals surface area contributed by atoms with Crippen LogP contribution in [0.3, 0.4) is 0 Å². The fourth-order valence-corrected chi connectivity index (χ4v) is 1.58. The van der Waals surface area contributed by atoms with E-state index in [1.54, 1.807) is 17.2 Å². The van der Waals surface area contributed by atoms with Gasteiger partial charge in [0.2, 0.25) is 0 Å². The zero-order valence-corrected chi connectivity index (χ0v) is 9.03. The van der Waals surface area contributed by atoms with Crippen LogP contribution in [0, 0.1) is 6.92 Å². The van der Waals surface area contributed by atoms with Gasteiger partial charge in [-0.15, -0.1) is 0 Å². The number of aromatic nitrogens is 1. The summed E-state index contributed by atoms with van der Waals surface area (Å²) < 4.78 is 0. The number of hydrogen-bond acceptors (Lipinski definition) is 3. The van der Waals surface area contributed by atoms with Crippen LogP contribution in [0.2, 0.25) is 0 Å². The van der Waals surface area contributed by atoms with Crippen molar-refractivity contribution < 1.29 is 4.79 Å². The molecule has 1 amide bonds. The van der Waals surface area contributed by atoms with Crippen LogP contribution in [-0.4, -0.2) is 28.9 Å². The zero-order chi connectivity index (χ0) is 11.0. The number of nitrogens with two attached hydrogens (primary N) is 1. The molecule has 0 unspecified atom stereocenters. The van der Waals surface area contributed by atoms with Gasteiger partial charge >= 0.3 is 0 Å². The molecule has 1 fully saturated rings. The van der Waals surface area contributed by atoms with Crippen LogP contribution < -0.4 is 5.73 Å². The Labute approximate surface area is 89.1 Å². The second-order valence-electron chi connectivity index (χ2n) is 4.05. The third kappa shape index (κ3) is 1.93. The molecule has 2 rings (SSSR count). The van der Waals surface area contributed by atoms with E-state index in [9.17, 15) is 4.79 Å². The summed E-state index contributed by atoms with van der Waals surface area (Å²) in [7, 11) is 1.84. The Bertz CT molecular complexity index is 399. The number of carbonyl (C=O) groups excluding carboxylic acids is 1. The average Bonchev–Trinajstić information content (AvgIpc) is 3.03. The van der Waals surface area contributed by atoms with Crippen LogP contribution in [0.25, 0.3) is 0 Å². The molecular formula is C11H15N3O. The maximum Gasteiger partial charge on any atom is 0.255 e. The minimum Gasteiger partial charge on any atom is -0.397 e. The molecule has 0 aliphatic heterocycles. The first kappa shape index (κ1) is 9.96. The number of nitrogens with zero attached hydrogens (tertiary/aromatic N) is 2. The van der Waals surface area contributed by atoms with Crippen LogP contribution >= 0.6 is 0 Å². The van der Waals surface area contributed by atoms with Crippen molar-refractivity contribution in [2.24, 2.45) is 0 Å². The lowest BCUT2D eigenvalue weighted by molar-refractivity contribution is 0.0784. The molecule has 4 heteroatoms. The molecule has 1 aliphatic rings. The van der Waals surface area contributed by atoms with Gasteiger partial charge in [0.1, 0.15) is 0 Å². The predicted octanol–water partition coefficient (Wildman–Crippen LogP) is 1.21. The second kappa shape index (κ2) is 3.53. The summed E-state index contributed by atoms with van der Waals surface area (Å²) in [6.45, 7) is 1.83. The van der Waals surface area contributed by atoms with Gasteiger partial charge in [-0.3, -0.25) is 9.78 Å². The van der Waals surface area contributed by atoms with E-state index >= 15 is 0 Å². The van der Waals surface area contributed by atoms with Crippen molar-refractivity contribution in [2.45, 2.75) is 25.8 Å². The van der Waals surface area contributed by atoms with Gasteiger partial charge in [-0.05, 0) is 25.8 Å². The molecule has 0 radical (unpaired) electrons. The molecule has 15 heavy (non-hydrogen) atoms. The molecule has 0 saturated heterocycles. The van der Waals surface area contributed by atoms with Gasteiger partial charge in [-0.1, -0.05) is 0 Å². The van der Waals surface area contributed by atoms with E-state index in [0.29, 0.717) is 17.3 Å². The number of hydrogen-bond donors (Lipinski definition) is 1. The number of amides is 1. The molecule has 2 N–H and O–H groups in total. The number of pyridine rings is 1. The Hall–Kier alpha value is -1.58. The molecule has 0 aromatic carbocycles. The largest absolute Gasteiger partial charge is 0.397 e. The number of rotatable bonds is 2. The van der Waals surface area contributed by atoms with Crippen LogP contribution in [-0.2, 0) is 0 Å². The first-order valence-corrected chi connectivity index (χ1v) is 5.09. The Kier molecular flexibility index (Phi) is 2.34. The fraction of sp³-hybridized carbons (Fsp3) is 0.455. The number of nitrogen functional groups attached to an aromatic ring is 1. The van der Waals surface area contributed by atoms with E-state index < -0.39 is 0 Å². The van der Waals surface area contributed by atoms with Gasteiger partial charge in [0.25, 0.3) is 5.91 Å². The van der Waals surface area contributed by atoms with Gasteiger partial charge in [0, 0.05) is 13.1 Å². The van der Waals surface area contributed by atoms with Gasteiger partial charge in [-0.2, -0.15) is 0 Å². The fourth-order valence-electron chi connectivity index (χ4n) is 1.58. The van der Waals surface area contributed by atoms with Crippen molar-refractivity contribution >= 4 is 11.6 Å². The third-order valence-corrected chi connectivity index (χ3v) is 2.75. The summed E-state index contributed by atoms with van der Waals surface area (Å²) >= 11 is 0. The molecule has 1 aromatic rings. The van der Waals surface area contributed by atoms with Crippen molar-refractivity contribution in [3.8, 4) is 0 Å². The van der Waals surface area contributed by atoms with Crippen molar-refractivity contribution in [3.63, 3.8) is 0 Å². The minimum absolute atomic E-state index is 0.0230. The van der Waals surface area contributed by atoms with E-state index in [-0.39, 0.29) is 5.91 Å². The summed E-state index contributed by atoms with van der Waals surface area (Å²) in [5.74, 6) is 0.0230. The van der Waals surface area contributed by atoms with Crippen molar-refractivity contribution in [2.75, 3.05) is 12.8 Å².